The normalized spacial score (nSPS) is 16.4. The van der Waals surface area contributed by atoms with E-state index in [1.807, 2.05) is 140 Å². The number of benzene rings is 7. The van der Waals surface area contributed by atoms with Crippen molar-refractivity contribution < 1.29 is 42.5 Å². The summed E-state index contributed by atoms with van der Waals surface area (Å²) in [6.07, 6.45) is 3.72. The average molecular weight is 1650 g/mol. The van der Waals surface area contributed by atoms with Gasteiger partial charge in [-0.2, -0.15) is 21.0 Å². The SMILES string of the molecule is CCC(CC)COC(=O)C(C#N)c1nc2ccccc2nc1N1CCNC(C)C1.CCC(CC)COC(=O)C(C#N)c1nc2ccccc2nc1N1CCN[C@H](C)C1.CN1CCN(c2nc3ccccc3nc2C(C#N)C(=O)OCc2ccc(F)cc2)CC1.N#CC(C(=O)OCc1ccc2ccccc2c1)c1nc2ccccc2nc1N1CCNCC1. The summed E-state index contributed by atoms with van der Waals surface area (Å²) in [7, 11) is 2.05. The van der Waals surface area contributed by atoms with Gasteiger partial charge < -0.3 is 59.4 Å². The number of ether oxygens (including phenoxy) is 4. The van der Waals surface area contributed by atoms with Crippen molar-refractivity contribution in [2.75, 3.05) is 131 Å². The second-order valence-corrected chi connectivity index (χ2v) is 30.7. The number of para-hydroxylation sites is 8. The fourth-order valence-corrected chi connectivity index (χ4v) is 14.8. The summed E-state index contributed by atoms with van der Waals surface area (Å²) in [6, 6.07) is 58.5. The van der Waals surface area contributed by atoms with Crippen LogP contribution in [0.1, 0.15) is 125 Å². The Morgan fingerprint density at radius 2 is 0.705 bits per heavy atom. The van der Waals surface area contributed by atoms with Crippen molar-refractivity contribution in [1.82, 2.24) is 60.7 Å². The van der Waals surface area contributed by atoms with Gasteiger partial charge in [0.05, 0.1) is 81.6 Å². The molecule has 0 spiro atoms. The molecular weight excluding hydrogens is 1540 g/mol. The van der Waals surface area contributed by atoms with Crippen molar-refractivity contribution in [3.05, 3.63) is 204 Å². The van der Waals surface area contributed by atoms with E-state index in [2.05, 4.69) is 122 Å². The molecule has 29 heteroatoms. The van der Waals surface area contributed by atoms with Crippen LogP contribution < -0.4 is 35.6 Å². The predicted octanol–water partition coefficient (Wildman–Crippen LogP) is 12.4. The number of rotatable bonds is 24. The first-order chi connectivity index (χ1) is 59.4. The number of likely N-dealkylation sites (N-methyl/N-ethyl adjacent to an activating group) is 1. The molecule has 4 aliphatic heterocycles. The van der Waals surface area contributed by atoms with Gasteiger partial charge in [0.1, 0.15) is 41.8 Å². The number of nitrogens with one attached hydrogen (secondary N) is 3. The number of nitrogens with zero attached hydrogens (tertiary/aromatic N) is 17. The van der Waals surface area contributed by atoms with E-state index in [4.69, 9.17) is 43.9 Å². The van der Waals surface area contributed by atoms with Crippen LogP contribution in [0.2, 0.25) is 0 Å². The van der Waals surface area contributed by atoms with E-state index in [1.165, 1.54) is 24.3 Å². The molecule has 0 radical (unpaired) electrons. The standard InChI is InChI=1S/C26H23N5O2.C23H22FN5O2.2C22H29N5O2/c27-16-21(26(32)33-17-18-9-10-19-5-1-2-6-20(19)15-18)24-25(31-13-11-28-12-14-31)30-23-8-4-3-7-22(23)29-24;1-28-10-12-29(13-11-28)22-21(26-19-4-2-3-5-20(19)27-22)18(14-25)23(30)31-15-16-6-8-17(24)9-7-16;2*1-4-16(5-2)14-29-22(28)17(12-23)20-21(27-11-10-24-15(3)13-27)26-19-9-7-6-8-18(19)25-20/h1-10,15,21,28H,11-14,17H2;2-9,18H,10-13,15H2,1H3;2*6-9,15-17,24H,4-5,10-11,13-14H2,1-3H3/t;;15-,17?;/m..1./s1. The maximum absolute atomic E-state index is 13.1. The van der Waals surface area contributed by atoms with Gasteiger partial charge in [0.15, 0.2) is 46.9 Å². The lowest BCUT2D eigenvalue weighted by Gasteiger charge is -2.34. The summed E-state index contributed by atoms with van der Waals surface area (Å²) in [5.41, 5.74) is 8.45. The monoisotopic (exact) mass is 1650 g/mol. The van der Waals surface area contributed by atoms with Crippen LogP contribution in [0.15, 0.2) is 164 Å². The van der Waals surface area contributed by atoms with Gasteiger partial charge in [0, 0.05) is 104 Å². The molecule has 122 heavy (non-hydrogen) atoms. The highest BCUT2D eigenvalue weighted by atomic mass is 19.1. The minimum absolute atomic E-state index is 0.0534. The maximum atomic E-state index is 13.1. The third kappa shape index (κ3) is 22.5. The van der Waals surface area contributed by atoms with E-state index in [0.29, 0.717) is 104 Å². The van der Waals surface area contributed by atoms with Gasteiger partial charge in [-0.3, -0.25) is 19.2 Å². The van der Waals surface area contributed by atoms with Gasteiger partial charge in [-0.15, -0.1) is 0 Å². The highest BCUT2D eigenvalue weighted by molar-refractivity contribution is 5.89. The van der Waals surface area contributed by atoms with Crippen molar-refractivity contribution >= 4 is 102 Å². The summed E-state index contributed by atoms with van der Waals surface area (Å²) < 4.78 is 35.1. The Hall–Kier alpha value is -13.0. The third-order valence-corrected chi connectivity index (χ3v) is 22.1. The molecule has 630 valence electrons. The molecule has 4 aromatic heterocycles. The van der Waals surface area contributed by atoms with Crippen LogP contribution in [0.4, 0.5) is 27.7 Å². The molecule has 0 saturated carbocycles. The molecule has 4 fully saturated rings. The molecule has 0 aliphatic carbocycles. The first-order valence-electron chi connectivity index (χ1n) is 41.8. The number of halogens is 1. The molecule has 4 aliphatic rings. The lowest BCUT2D eigenvalue weighted by Crippen LogP contribution is -2.50. The second-order valence-electron chi connectivity index (χ2n) is 30.7. The van der Waals surface area contributed by atoms with Crippen LogP contribution >= 0.6 is 0 Å². The van der Waals surface area contributed by atoms with E-state index >= 15 is 0 Å². The Kier molecular flexibility index (Phi) is 31.3. The third-order valence-electron chi connectivity index (χ3n) is 22.1. The molecule has 3 N–H and O–H groups in total. The lowest BCUT2D eigenvalue weighted by molar-refractivity contribution is -0.146. The molecule has 15 rings (SSSR count). The molecule has 6 atom stereocenters. The van der Waals surface area contributed by atoms with Gasteiger partial charge in [-0.1, -0.05) is 150 Å². The fraction of sp³-hybridized carbons (Fsp3) is 0.398. The lowest BCUT2D eigenvalue weighted by atomic mass is 10.0. The van der Waals surface area contributed by atoms with Gasteiger partial charge in [-0.05, 0) is 121 Å². The van der Waals surface area contributed by atoms with E-state index < -0.39 is 47.5 Å². The number of piperazine rings is 4. The molecule has 7 aromatic carbocycles. The quantitative estimate of drug-likeness (QED) is 0.0374. The van der Waals surface area contributed by atoms with Crippen molar-refractivity contribution in [2.45, 2.75) is 116 Å². The van der Waals surface area contributed by atoms with E-state index in [0.717, 1.165) is 150 Å². The molecule has 28 nitrogen and oxygen atoms in total. The van der Waals surface area contributed by atoms with Crippen LogP contribution in [-0.2, 0) is 51.3 Å². The summed E-state index contributed by atoms with van der Waals surface area (Å²) >= 11 is 0. The van der Waals surface area contributed by atoms with Crippen molar-refractivity contribution in [1.29, 1.82) is 21.0 Å². The Labute approximate surface area is 710 Å². The van der Waals surface area contributed by atoms with Crippen LogP contribution in [0.25, 0.3) is 54.9 Å². The van der Waals surface area contributed by atoms with Gasteiger partial charge in [-0.25, -0.2) is 44.3 Å². The molecule has 0 amide bonds. The van der Waals surface area contributed by atoms with E-state index in [9.17, 15) is 44.6 Å². The zero-order valence-electron chi connectivity index (χ0n) is 70.0. The Balaban J connectivity index is 0.000000149. The Bertz CT molecular complexity index is 5470. The van der Waals surface area contributed by atoms with Crippen molar-refractivity contribution in [2.24, 2.45) is 11.8 Å². The number of esters is 4. The van der Waals surface area contributed by atoms with Crippen LogP contribution in [-0.4, -0.2) is 193 Å². The summed E-state index contributed by atoms with van der Waals surface area (Å²) in [5, 5.41) is 51.7. The number of carbonyl (C=O) groups is 4. The first kappa shape index (κ1) is 88.3. The van der Waals surface area contributed by atoms with E-state index in [1.54, 1.807) is 6.07 Å². The minimum atomic E-state index is -1.22. The number of fused-ring (bicyclic) bond motifs is 5. The maximum Gasteiger partial charge on any atom is 0.330 e. The molecule has 0 bridgehead atoms. The van der Waals surface area contributed by atoms with Gasteiger partial charge >= 0.3 is 23.9 Å². The van der Waals surface area contributed by atoms with Gasteiger partial charge in [0.25, 0.3) is 0 Å². The number of anilines is 4. The van der Waals surface area contributed by atoms with Crippen LogP contribution in [0.3, 0.4) is 0 Å². The first-order valence-corrected chi connectivity index (χ1v) is 41.8. The summed E-state index contributed by atoms with van der Waals surface area (Å²) in [5.74, 6) is -4.44. The summed E-state index contributed by atoms with van der Waals surface area (Å²) in [6.45, 7) is 24.0. The minimum Gasteiger partial charge on any atom is -0.464 e. The molecule has 4 saturated heterocycles. The fourth-order valence-electron chi connectivity index (χ4n) is 14.8. The van der Waals surface area contributed by atoms with Crippen molar-refractivity contribution in [3.8, 4) is 24.3 Å². The summed E-state index contributed by atoms with van der Waals surface area (Å²) in [4.78, 5) is 99.8. The zero-order chi connectivity index (χ0) is 86.0. The largest absolute Gasteiger partial charge is 0.464 e. The van der Waals surface area contributed by atoms with Gasteiger partial charge in [0.2, 0.25) is 0 Å². The zero-order valence-corrected chi connectivity index (χ0v) is 70.0. The Morgan fingerprint density at radius 1 is 0.393 bits per heavy atom. The second kappa shape index (κ2) is 43.3. The molecule has 8 heterocycles. The Morgan fingerprint density at radius 3 is 1.07 bits per heavy atom. The van der Waals surface area contributed by atoms with Crippen LogP contribution in [0.5, 0.6) is 0 Å². The smallest absolute Gasteiger partial charge is 0.330 e. The average Bonchev–Trinajstić information content (AvgIpc) is 0.793. The number of hydrogen-bond acceptors (Lipinski definition) is 28. The topological polar surface area (TPSA) is 356 Å². The molecule has 11 aromatic rings. The predicted molar refractivity (Wildman–Crippen MR) is 466 cm³/mol. The molecular formula is C93H103FN20O8. The number of carbonyl (C=O) groups excluding carboxylic acids is 4. The highest BCUT2D eigenvalue weighted by Crippen LogP contribution is 2.35. The number of aromatic nitrogens is 8. The van der Waals surface area contributed by atoms with Crippen molar-refractivity contribution in [3.63, 3.8) is 0 Å². The number of nitriles is 4. The van der Waals surface area contributed by atoms with Crippen LogP contribution in [0, 0.1) is 63.0 Å². The molecule has 5 unspecified atom stereocenters. The van der Waals surface area contributed by atoms with E-state index in [-0.39, 0.29) is 31.1 Å². The number of hydrogen-bond donors (Lipinski definition) is 3. The highest BCUT2D eigenvalue weighted by Gasteiger charge is 2.37.